The van der Waals surface area contributed by atoms with Crippen LogP contribution < -0.4 is 0 Å². The number of allylic oxidation sites excluding steroid dienone is 1. The molecule has 0 bridgehead atoms. The number of nitrogens with zero attached hydrogens (tertiary/aromatic N) is 4. The normalized spacial score (nSPS) is 14.2. The molecule has 0 fully saturated rings. The summed E-state index contributed by atoms with van der Waals surface area (Å²) in [6.07, 6.45) is 7.67. The average molecular weight is 643 g/mol. The summed E-state index contributed by atoms with van der Waals surface area (Å²) >= 11 is 1.85. The molecule has 0 amide bonds. The van der Waals surface area contributed by atoms with Crippen LogP contribution in [0.2, 0.25) is 0 Å². The highest BCUT2D eigenvalue weighted by Crippen LogP contribution is 2.47. The molecule has 0 aliphatic carbocycles. The Balaban J connectivity index is 1.19. The number of nitriles is 2. The molecule has 0 N–H and O–H groups in total. The second-order valence-corrected chi connectivity index (χ2v) is 13.5. The summed E-state index contributed by atoms with van der Waals surface area (Å²) in [7, 11) is 0. The third-order valence-electron chi connectivity index (χ3n) is 9.61. The molecule has 228 valence electrons. The van der Waals surface area contributed by atoms with E-state index in [1.54, 1.807) is 18.6 Å². The van der Waals surface area contributed by atoms with Gasteiger partial charge in [0, 0.05) is 62.0 Å². The molecule has 0 spiro atoms. The minimum atomic E-state index is 0.112. The van der Waals surface area contributed by atoms with Crippen molar-refractivity contribution >= 4 is 59.3 Å². The first-order valence-corrected chi connectivity index (χ1v) is 17.0. The summed E-state index contributed by atoms with van der Waals surface area (Å²) in [6, 6.07) is 45.9. The molecule has 1 atom stereocenters. The Morgan fingerprint density at radius 3 is 1.76 bits per heavy atom. The van der Waals surface area contributed by atoms with Crippen molar-refractivity contribution in [1.82, 2.24) is 4.98 Å². The third kappa shape index (κ3) is 4.88. The largest absolute Gasteiger partial charge is 0.267 e. The van der Waals surface area contributed by atoms with E-state index in [1.807, 2.05) is 23.6 Å². The van der Waals surface area contributed by atoms with Crippen molar-refractivity contribution in [1.29, 1.82) is 10.5 Å². The molecule has 2 aromatic heterocycles. The fourth-order valence-electron chi connectivity index (χ4n) is 7.24. The molecule has 0 saturated carbocycles. The van der Waals surface area contributed by atoms with Crippen molar-refractivity contribution in [2.75, 3.05) is 0 Å². The van der Waals surface area contributed by atoms with Gasteiger partial charge in [-0.25, -0.2) is 0 Å². The molecule has 9 rings (SSSR count). The maximum atomic E-state index is 9.38. The molecular formula is C44H26N4S. The second kappa shape index (κ2) is 11.7. The second-order valence-electron chi connectivity index (χ2n) is 12.4. The zero-order valence-corrected chi connectivity index (χ0v) is 27.1. The standard InChI is InChI=1S/C44H26N4S/c45-21-27-17-33(25-47-23-27)29-9-13-31(14-10-29)39-19-41-43(37-7-3-1-5-35(37)39)44-38-8-4-2-6-36(38)40(20-42(44)49-41)32-15-11-30(12-16-32)34-18-28(22-46)24-48-26-34/h1-17,19-20,23-26,34H,18H2. The van der Waals surface area contributed by atoms with Gasteiger partial charge in [0.25, 0.3) is 0 Å². The predicted molar refractivity (Wildman–Crippen MR) is 203 cm³/mol. The van der Waals surface area contributed by atoms with E-state index in [4.69, 9.17) is 0 Å². The molecule has 1 aliphatic rings. The molecule has 3 heterocycles. The number of aliphatic imine (C=N–C) groups is 1. The van der Waals surface area contributed by atoms with E-state index >= 15 is 0 Å². The van der Waals surface area contributed by atoms with Crippen LogP contribution in [0.25, 0.3) is 75.1 Å². The molecule has 1 aliphatic heterocycles. The first-order valence-electron chi connectivity index (χ1n) is 16.2. The molecule has 0 saturated heterocycles. The lowest BCUT2D eigenvalue weighted by Gasteiger charge is -2.16. The third-order valence-corrected chi connectivity index (χ3v) is 10.7. The SMILES string of the molecule is N#CC1=CN=CC(c2ccc(-c3cc4sc5cc(-c6ccc(-c7cncc(C#N)c7)cc6)c6ccccc6c5c4c4ccccc34)cc2)C1. The van der Waals surface area contributed by atoms with E-state index in [0.717, 1.165) is 16.7 Å². The van der Waals surface area contributed by atoms with Gasteiger partial charge in [-0.3, -0.25) is 9.98 Å². The Labute approximate surface area is 287 Å². The molecule has 5 heteroatoms. The Morgan fingerprint density at radius 1 is 0.592 bits per heavy atom. The van der Waals surface area contributed by atoms with E-state index < -0.39 is 0 Å². The van der Waals surface area contributed by atoms with Crippen LogP contribution in [0.3, 0.4) is 0 Å². The maximum absolute atomic E-state index is 9.38. The molecule has 6 aromatic carbocycles. The monoisotopic (exact) mass is 642 g/mol. The lowest BCUT2D eigenvalue weighted by molar-refractivity contribution is 0.881. The topological polar surface area (TPSA) is 72.8 Å². The molecule has 0 radical (unpaired) electrons. The van der Waals surface area contributed by atoms with Gasteiger partial charge in [0.05, 0.1) is 11.6 Å². The highest BCUT2D eigenvalue weighted by atomic mass is 32.1. The summed E-state index contributed by atoms with van der Waals surface area (Å²) in [5.41, 5.74) is 9.13. The van der Waals surface area contributed by atoms with Crippen LogP contribution in [0.1, 0.15) is 23.5 Å². The van der Waals surface area contributed by atoms with Gasteiger partial charge in [-0.15, -0.1) is 11.3 Å². The Bertz CT molecular complexity index is 2760. The summed E-state index contributed by atoms with van der Waals surface area (Å²) in [6.45, 7) is 0. The first-order chi connectivity index (χ1) is 24.2. The molecule has 1 unspecified atom stereocenters. The van der Waals surface area contributed by atoms with E-state index in [2.05, 4.69) is 131 Å². The number of hydrogen-bond acceptors (Lipinski definition) is 5. The number of hydrogen-bond donors (Lipinski definition) is 0. The van der Waals surface area contributed by atoms with Gasteiger partial charge < -0.3 is 0 Å². The van der Waals surface area contributed by atoms with Gasteiger partial charge in [0.15, 0.2) is 0 Å². The molecule has 8 aromatic rings. The fraction of sp³-hybridized carbons (Fsp3) is 0.0455. The van der Waals surface area contributed by atoms with Crippen molar-refractivity contribution in [3.8, 4) is 45.5 Å². The zero-order valence-electron chi connectivity index (χ0n) is 26.3. The summed E-state index contributed by atoms with van der Waals surface area (Å²) in [5, 5.41) is 26.3. The van der Waals surface area contributed by atoms with Crippen LogP contribution >= 0.6 is 11.3 Å². The van der Waals surface area contributed by atoms with E-state index in [9.17, 15) is 10.5 Å². The van der Waals surface area contributed by atoms with E-state index in [1.165, 1.54) is 64.0 Å². The molecular weight excluding hydrogens is 617 g/mol. The van der Waals surface area contributed by atoms with Crippen LogP contribution in [0, 0.1) is 22.7 Å². The average Bonchev–Trinajstić information content (AvgIpc) is 3.56. The van der Waals surface area contributed by atoms with Crippen LogP contribution in [0.5, 0.6) is 0 Å². The van der Waals surface area contributed by atoms with E-state index in [-0.39, 0.29) is 5.92 Å². The van der Waals surface area contributed by atoms with Crippen molar-refractivity contribution < 1.29 is 0 Å². The highest BCUT2D eigenvalue weighted by Gasteiger charge is 2.19. The Hall–Kier alpha value is -6.40. The van der Waals surface area contributed by atoms with Crippen molar-refractivity contribution in [2.45, 2.75) is 12.3 Å². The smallest absolute Gasteiger partial charge is 0.101 e. The van der Waals surface area contributed by atoms with Gasteiger partial charge in [0.2, 0.25) is 0 Å². The summed E-state index contributed by atoms with van der Waals surface area (Å²) in [4.78, 5) is 8.56. The van der Waals surface area contributed by atoms with Crippen LogP contribution in [-0.2, 0) is 0 Å². The Kier molecular flexibility index (Phi) is 6.87. The van der Waals surface area contributed by atoms with Crippen molar-refractivity contribution in [3.63, 3.8) is 0 Å². The van der Waals surface area contributed by atoms with Crippen LogP contribution in [0.15, 0.2) is 144 Å². The van der Waals surface area contributed by atoms with E-state index in [0.29, 0.717) is 17.6 Å². The quantitative estimate of drug-likeness (QED) is 0.192. The van der Waals surface area contributed by atoms with Gasteiger partial charge >= 0.3 is 0 Å². The number of aromatic nitrogens is 1. The van der Waals surface area contributed by atoms with Gasteiger partial charge in [-0.05, 0) is 79.5 Å². The summed E-state index contributed by atoms with van der Waals surface area (Å²) < 4.78 is 2.52. The van der Waals surface area contributed by atoms with Gasteiger partial charge in [0.1, 0.15) is 6.07 Å². The number of benzene rings is 6. The van der Waals surface area contributed by atoms with Gasteiger partial charge in [-0.2, -0.15) is 10.5 Å². The number of thiophene rings is 1. The minimum absolute atomic E-state index is 0.112. The Morgan fingerprint density at radius 2 is 1.16 bits per heavy atom. The van der Waals surface area contributed by atoms with Crippen LogP contribution in [0.4, 0.5) is 0 Å². The predicted octanol–water partition coefficient (Wildman–Crippen LogP) is 11.6. The number of rotatable bonds is 4. The first kappa shape index (κ1) is 28.8. The summed E-state index contributed by atoms with van der Waals surface area (Å²) in [5.74, 6) is 0.112. The van der Waals surface area contributed by atoms with Crippen molar-refractivity contribution in [2.24, 2.45) is 4.99 Å². The maximum Gasteiger partial charge on any atom is 0.101 e. The highest BCUT2D eigenvalue weighted by molar-refractivity contribution is 7.26. The lowest BCUT2D eigenvalue weighted by Crippen LogP contribution is -2.04. The number of fused-ring (bicyclic) bond motifs is 7. The van der Waals surface area contributed by atoms with Crippen LogP contribution in [-0.4, -0.2) is 11.2 Å². The number of pyridine rings is 1. The fourth-order valence-corrected chi connectivity index (χ4v) is 8.46. The molecule has 49 heavy (non-hydrogen) atoms. The molecule has 4 nitrogen and oxygen atoms in total. The minimum Gasteiger partial charge on any atom is -0.267 e. The van der Waals surface area contributed by atoms with Gasteiger partial charge in [-0.1, -0.05) is 97.1 Å². The lowest BCUT2D eigenvalue weighted by atomic mass is 9.89. The zero-order chi connectivity index (χ0) is 32.9. The van der Waals surface area contributed by atoms with Crippen molar-refractivity contribution in [3.05, 3.63) is 151 Å².